The lowest BCUT2D eigenvalue weighted by molar-refractivity contribution is -0.146. The number of halogens is 1. The molecular weight excluding hydrogens is 555 g/mol. The number of hydrogen-bond acceptors (Lipinski definition) is 5. The minimum Gasteiger partial charge on any atom is -0.378 e. The fraction of sp³-hybridized carbons (Fsp3) is 0.778. The first-order valence-corrected chi connectivity index (χ1v) is 17.4. The lowest BCUT2D eigenvalue weighted by atomic mass is 9.62. The Hall–Kier alpha value is -2.03. The summed E-state index contributed by atoms with van der Waals surface area (Å²) in [6, 6.07) is 6.15. The Morgan fingerprint density at radius 3 is 2.27 bits per heavy atom. The van der Waals surface area contributed by atoms with Crippen LogP contribution >= 0.6 is 0 Å². The summed E-state index contributed by atoms with van der Waals surface area (Å²) in [5.74, 6) is 0.424. The van der Waals surface area contributed by atoms with Gasteiger partial charge in [0.15, 0.2) is 0 Å². The number of nitrogens with zero attached hydrogens (tertiary/aromatic N) is 2. The standard InChI is InChI=1S/C36H57FN4O3/c1-24(2)41-23-26-13-16-31(41)29(21-26)32(42)38-30(22-25-11-14-28(37)15-12-25)33(43)40-19-17-36(18-20-40,27-9-7-6-8-10-27)34(44)39-35(3,4)5/h11-12,14-15,24,26-27,29-31,34,39,44H,6-10,13,16-23H2,1-5H3,(H,38,42)/t26-,29+,30-,31+,34?/m1/s1. The Bertz CT molecular complexity index is 1120. The third-order valence-electron chi connectivity index (χ3n) is 11.3. The SMILES string of the molecule is CC(C)N1C[C@@H]2CC[C@H]1[C@@H](C(=O)N[C@H](Cc1ccc(F)cc1)C(=O)N1CCC(C3CCCCC3)(C(O)NC(C)(C)C)CC1)C2. The van der Waals surface area contributed by atoms with E-state index >= 15 is 0 Å². The van der Waals surface area contributed by atoms with Crippen molar-refractivity contribution in [3.63, 3.8) is 0 Å². The van der Waals surface area contributed by atoms with Crippen molar-refractivity contribution in [3.05, 3.63) is 35.6 Å². The van der Waals surface area contributed by atoms with Crippen molar-refractivity contribution in [1.29, 1.82) is 0 Å². The summed E-state index contributed by atoms with van der Waals surface area (Å²) in [5.41, 5.74) is 0.335. The number of likely N-dealkylation sites (tertiary alicyclic amines) is 1. The van der Waals surface area contributed by atoms with Gasteiger partial charge in [-0.15, -0.1) is 0 Å². The van der Waals surface area contributed by atoms with Crippen LogP contribution < -0.4 is 10.6 Å². The minimum atomic E-state index is -0.708. The quantitative estimate of drug-likeness (QED) is 0.332. The van der Waals surface area contributed by atoms with E-state index in [1.54, 1.807) is 12.1 Å². The predicted molar refractivity (Wildman–Crippen MR) is 172 cm³/mol. The molecule has 5 fully saturated rings. The van der Waals surface area contributed by atoms with Crippen molar-refractivity contribution in [2.45, 2.75) is 135 Å². The van der Waals surface area contributed by atoms with Gasteiger partial charge in [0.1, 0.15) is 18.1 Å². The van der Waals surface area contributed by atoms with Crippen LogP contribution in [0.5, 0.6) is 0 Å². The molecule has 3 heterocycles. The monoisotopic (exact) mass is 612 g/mol. The lowest BCUT2D eigenvalue weighted by Gasteiger charge is -2.52. The van der Waals surface area contributed by atoms with Gasteiger partial charge in [0.25, 0.3) is 0 Å². The number of carbonyl (C=O) groups excluding carboxylic acids is 2. The highest BCUT2D eigenvalue weighted by Gasteiger charge is 2.49. The normalized spacial score (nSPS) is 27.7. The Balaban J connectivity index is 1.32. The van der Waals surface area contributed by atoms with Gasteiger partial charge >= 0.3 is 0 Å². The second kappa shape index (κ2) is 13.8. The molecule has 3 saturated heterocycles. The molecule has 5 atom stereocenters. The predicted octanol–water partition coefficient (Wildman–Crippen LogP) is 5.26. The molecule has 0 aromatic heterocycles. The molecule has 2 aliphatic carbocycles. The number of piperidine rings is 3. The Kier molecular flexibility index (Phi) is 10.4. The molecule has 7 nitrogen and oxygen atoms in total. The molecular formula is C36H57FN4O3. The van der Waals surface area contributed by atoms with Crippen molar-refractivity contribution in [3.8, 4) is 0 Å². The van der Waals surface area contributed by atoms with Crippen molar-refractivity contribution in [2.75, 3.05) is 19.6 Å². The lowest BCUT2D eigenvalue weighted by Crippen LogP contribution is -2.62. The van der Waals surface area contributed by atoms with Crippen LogP contribution in [0.15, 0.2) is 24.3 Å². The number of amides is 2. The van der Waals surface area contributed by atoms with Gasteiger partial charge < -0.3 is 15.3 Å². The average Bonchev–Trinajstić information content (AvgIpc) is 3.01. The zero-order valence-corrected chi connectivity index (χ0v) is 27.8. The molecule has 3 aliphatic heterocycles. The molecule has 44 heavy (non-hydrogen) atoms. The highest BCUT2D eigenvalue weighted by Crippen LogP contribution is 2.48. The van der Waals surface area contributed by atoms with Crippen LogP contribution in [-0.4, -0.2) is 76.2 Å². The van der Waals surface area contributed by atoms with Gasteiger partial charge in [0, 0.05) is 49.1 Å². The summed E-state index contributed by atoms with van der Waals surface area (Å²) in [4.78, 5) is 32.6. The summed E-state index contributed by atoms with van der Waals surface area (Å²) in [6.07, 6.45) is 10.1. The maximum absolute atomic E-state index is 14.3. The molecule has 0 radical (unpaired) electrons. The minimum absolute atomic E-state index is 0.0242. The summed E-state index contributed by atoms with van der Waals surface area (Å²) >= 11 is 0. The van der Waals surface area contributed by atoms with Crippen molar-refractivity contribution in [2.24, 2.45) is 23.2 Å². The van der Waals surface area contributed by atoms with Gasteiger partial charge in [-0.25, -0.2) is 4.39 Å². The van der Waals surface area contributed by atoms with E-state index in [1.165, 1.54) is 37.8 Å². The van der Waals surface area contributed by atoms with Crippen LogP contribution in [0, 0.1) is 29.0 Å². The maximum Gasteiger partial charge on any atom is 0.245 e. The van der Waals surface area contributed by atoms with Crippen LogP contribution in [-0.2, 0) is 16.0 Å². The number of rotatable bonds is 9. The topological polar surface area (TPSA) is 84.9 Å². The highest BCUT2D eigenvalue weighted by atomic mass is 19.1. The average molecular weight is 613 g/mol. The number of fused-ring (bicyclic) bond motifs is 3. The fourth-order valence-corrected chi connectivity index (χ4v) is 8.95. The number of benzene rings is 1. The molecule has 2 saturated carbocycles. The molecule has 2 amide bonds. The summed E-state index contributed by atoms with van der Waals surface area (Å²) in [5, 5.41) is 18.3. The van der Waals surface area contributed by atoms with Crippen molar-refractivity contribution < 1.29 is 19.1 Å². The first kappa shape index (κ1) is 33.3. The third-order valence-corrected chi connectivity index (χ3v) is 11.3. The van der Waals surface area contributed by atoms with Crippen molar-refractivity contribution >= 4 is 11.8 Å². The van der Waals surface area contributed by atoms with E-state index < -0.39 is 12.3 Å². The maximum atomic E-state index is 14.3. The fourth-order valence-electron chi connectivity index (χ4n) is 8.95. The molecule has 6 rings (SSSR count). The molecule has 1 unspecified atom stereocenters. The van der Waals surface area contributed by atoms with E-state index in [0.29, 0.717) is 37.4 Å². The van der Waals surface area contributed by atoms with Crippen molar-refractivity contribution in [1.82, 2.24) is 20.4 Å². The summed E-state index contributed by atoms with van der Waals surface area (Å²) in [6.45, 7) is 12.8. The highest BCUT2D eigenvalue weighted by molar-refractivity contribution is 5.89. The molecule has 3 N–H and O–H groups in total. The second-order valence-corrected chi connectivity index (χ2v) is 15.7. The molecule has 5 aliphatic rings. The molecule has 2 bridgehead atoms. The largest absolute Gasteiger partial charge is 0.378 e. The van der Waals surface area contributed by atoms with Gasteiger partial charge in [-0.1, -0.05) is 31.4 Å². The molecule has 0 spiro atoms. The number of hydrogen-bond donors (Lipinski definition) is 3. The van der Waals surface area contributed by atoms with Crippen LogP contribution in [0.2, 0.25) is 0 Å². The zero-order chi connectivity index (χ0) is 31.6. The van der Waals surface area contributed by atoms with E-state index in [-0.39, 0.29) is 40.5 Å². The number of aliphatic hydroxyl groups is 1. The smallest absolute Gasteiger partial charge is 0.245 e. The Labute approximate surface area is 264 Å². The molecule has 1 aromatic carbocycles. The Morgan fingerprint density at radius 1 is 1.02 bits per heavy atom. The van der Waals surface area contributed by atoms with E-state index in [4.69, 9.17) is 0 Å². The third kappa shape index (κ3) is 7.50. The van der Waals surface area contributed by atoms with Crippen LogP contribution in [0.4, 0.5) is 4.39 Å². The van der Waals surface area contributed by atoms with Crippen LogP contribution in [0.25, 0.3) is 0 Å². The van der Waals surface area contributed by atoms with Gasteiger partial charge in [-0.2, -0.15) is 0 Å². The van der Waals surface area contributed by atoms with Crippen LogP contribution in [0.1, 0.15) is 104 Å². The molecule has 246 valence electrons. The van der Waals surface area contributed by atoms with Gasteiger partial charge in [-0.05, 0) is 109 Å². The van der Waals surface area contributed by atoms with Gasteiger partial charge in [0.2, 0.25) is 11.8 Å². The van der Waals surface area contributed by atoms with E-state index in [9.17, 15) is 19.1 Å². The van der Waals surface area contributed by atoms with E-state index in [2.05, 4.69) is 50.2 Å². The van der Waals surface area contributed by atoms with E-state index in [1.807, 2.05) is 4.90 Å². The van der Waals surface area contributed by atoms with Crippen LogP contribution in [0.3, 0.4) is 0 Å². The first-order chi connectivity index (χ1) is 20.9. The number of aliphatic hydroxyl groups excluding tert-OH is 1. The van der Waals surface area contributed by atoms with Gasteiger partial charge in [-0.3, -0.25) is 19.8 Å². The van der Waals surface area contributed by atoms with E-state index in [0.717, 1.165) is 50.6 Å². The molecule has 8 heteroatoms. The summed E-state index contributed by atoms with van der Waals surface area (Å²) in [7, 11) is 0. The number of nitrogens with one attached hydrogen (secondary N) is 2. The number of carbonyl (C=O) groups is 2. The second-order valence-electron chi connectivity index (χ2n) is 15.7. The summed E-state index contributed by atoms with van der Waals surface area (Å²) < 4.78 is 13.7. The van der Waals surface area contributed by atoms with Gasteiger partial charge in [0.05, 0.1) is 5.92 Å². The Morgan fingerprint density at radius 2 is 1.68 bits per heavy atom. The molecule has 1 aromatic rings. The zero-order valence-electron chi connectivity index (χ0n) is 27.8. The first-order valence-electron chi connectivity index (χ1n) is 17.4.